The largest absolute Gasteiger partial charge is 0.102 e. The Morgan fingerprint density at radius 2 is 1.73 bits per heavy atom. The molecule has 6 saturated carbocycles. The summed E-state index contributed by atoms with van der Waals surface area (Å²) in [5, 5.41) is 0. The Bertz CT molecular complexity index is 276. The molecule has 0 aromatic rings. The molecule has 0 amide bonds. The molecule has 0 aromatic carbocycles. The number of hydrogen-bond acceptors (Lipinski definition) is 0. The Labute approximate surface area is 66.7 Å². The molecule has 0 heteroatoms. The SMILES string of the molecule is C=CC12C3[C@@H]4[C@H]5C[C@H]([C@@H]34)[C@H]1[C@@H]52. The molecule has 6 fully saturated rings. The first-order valence-electron chi connectivity index (χ1n) is 5.05. The Morgan fingerprint density at radius 3 is 2.00 bits per heavy atom. The van der Waals surface area contributed by atoms with Crippen LogP contribution in [-0.2, 0) is 0 Å². The van der Waals surface area contributed by atoms with Crippen molar-refractivity contribution in [1.29, 1.82) is 0 Å². The van der Waals surface area contributed by atoms with Gasteiger partial charge in [0.25, 0.3) is 0 Å². The van der Waals surface area contributed by atoms with Crippen LogP contribution in [0, 0.1) is 46.8 Å². The van der Waals surface area contributed by atoms with Crippen LogP contribution in [-0.4, -0.2) is 0 Å². The van der Waals surface area contributed by atoms with Crippen molar-refractivity contribution < 1.29 is 0 Å². The van der Waals surface area contributed by atoms with Crippen LogP contribution >= 0.6 is 0 Å². The highest BCUT2D eigenvalue weighted by Gasteiger charge is 2.96. The van der Waals surface area contributed by atoms with Crippen LogP contribution in [0.2, 0.25) is 0 Å². The van der Waals surface area contributed by atoms with E-state index in [2.05, 4.69) is 12.7 Å². The maximum Gasteiger partial charge on any atom is -0.00189 e. The summed E-state index contributed by atoms with van der Waals surface area (Å²) in [4.78, 5) is 0. The minimum atomic E-state index is 0.753. The van der Waals surface area contributed by atoms with E-state index in [0.29, 0.717) is 0 Å². The molecule has 0 N–H and O–H groups in total. The molecule has 8 atom stereocenters. The lowest BCUT2D eigenvalue weighted by Gasteiger charge is -2.05. The number of rotatable bonds is 1. The molecule has 0 nitrogen and oxygen atoms in total. The molecule has 0 aromatic heterocycles. The van der Waals surface area contributed by atoms with E-state index in [9.17, 15) is 0 Å². The minimum absolute atomic E-state index is 0.753. The molecule has 56 valence electrons. The second-order valence-electron chi connectivity index (χ2n) is 5.50. The van der Waals surface area contributed by atoms with Crippen LogP contribution in [0.4, 0.5) is 0 Å². The zero-order valence-corrected chi connectivity index (χ0v) is 6.53. The van der Waals surface area contributed by atoms with Crippen molar-refractivity contribution in [3.8, 4) is 0 Å². The molecular formula is C11H12. The molecule has 6 rings (SSSR count). The van der Waals surface area contributed by atoms with E-state index >= 15 is 0 Å². The molecule has 0 heterocycles. The third-order valence-electron chi connectivity index (χ3n) is 5.95. The monoisotopic (exact) mass is 144 g/mol. The van der Waals surface area contributed by atoms with Crippen LogP contribution in [0.25, 0.3) is 0 Å². The van der Waals surface area contributed by atoms with Crippen molar-refractivity contribution >= 4 is 0 Å². The van der Waals surface area contributed by atoms with Gasteiger partial charge in [-0.3, -0.25) is 0 Å². The molecule has 0 radical (unpaired) electrons. The second-order valence-corrected chi connectivity index (χ2v) is 5.50. The minimum Gasteiger partial charge on any atom is -0.102 e. The summed E-state index contributed by atoms with van der Waals surface area (Å²) in [6, 6.07) is 0. The van der Waals surface area contributed by atoms with Gasteiger partial charge in [0.05, 0.1) is 0 Å². The van der Waals surface area contributed by atoms with Gasteiger partial charge in [0.2, 0.25) is 0 Å². The maximum atomic E-state index is 4.07. The zero-order chi connectivity index (χ0) is 6.96. The summed E-state index contributed by atoms with van der Waals surface area (Å²) in [6.45, 7) is 4.07. The van der Waals surface area contributed by atoms with Gasteiger partial charge in [-0.25, -0.2) is 0 Å². The van der Waals surface area contributed by atoms with Crippen LogP contribution in [0.3, 0.4) is 0 Å². The van der Waals surface area contributed by atoms with Gasteiger partial charge in [0, 0.05) is 0 Å². The smallest absolute Gasteiger partial charge is 0.00189 e. The van der Waals surface area contributed by atoms with Crippen molar-refractivity contribution in [1.82, 2.24) is 0 Å². The van der Waals surface area contributed by atoms with E-state index in [1.807, 2.05) is 0 Å². The van der Waals surface area contributed by atoms with Crippen LogP contribution in [0.1, 0.15) is 6.42 Å². The Balaban J connectivity index is 1.91. The lowest BCUT2D eigenvalue weighted by molar-refractivity contribution is 0.434. The summed E-state index contributed by atoms with van der Waals surface area (Å²) < 4.78 is 0. The van der Waals surface area contributed by atoms with Gasteiger partial charge < -0.3 is 0 Å². The lowest BCUT2D eigenvalue weighted by Crippen LogP contribution is -2.00. The lowest BCUT2D eigenvalue weighted by atomic mass is 9.99. The van der Waals surface area contributed by atoms with Gasteiger partial charge in [-0.1, -0.05) is 6.08 Å². The van der Waals surface area contributed by atoms with E-state index in [1.54, 1.807) is 6.42 Å². The quantitative estimate of drug-likeness (QED) is 0.493. The van der Waals surface area contributed by atoms with E-state index in [4.69, 9.17) is 0 Å². The van der Waals surface area contributed by atoms with Crippen LogP contribution < -0.4 is 0 Å². The fourth-order valence-electron chi connectivity index (χ4n) is 6.14. The summed E-state index contributed by atoms with van der Waals surface area (Å²) in [6.07, 6.45) is 3.97. The predicted octanol–water partition coefficient (Wildman–Crippen LogP) is 1.93. The van der Waals surface area contributed by atoms with Crippen molar-refractivity contribution in [2.45, 2.75) is 6.42 Å². The summed E-state index contributed by atoms with van der Waals surface area (Å²) in [5.41, 5.74) is 0.753. The first-order valence-corrected chi connectivity index (χ1v) is 5.05. The van der Waals surface area contributed by atoms with Gasteiger partial charge in [0.1, 0.15) is 0 Å². The van der Waals surface area contributed by atoms with Gasteiger partial charge in [-0.05, 0) is 53.3 Å². The predicted molar refractivity (Wildman–Crippen MR) is 41.7 cm³/mol. The number of allylic oxidation sites excluding steroid dienone is 1. The average Bonchev–Trinajstić information content (AvgIpc) is 2.79. The van der Waals surface area contributed by atoms with Gasteiger partial charge in [-0.2, -0.15) is 0 Å². The third-order valence-corrected chi connectivity index (χ3v) is 5.95. The van der Waals surface area contributed by atoms with Gasteiger partial charge in [0.15, 0.2) is 0 Å². The molecule has 2 unspecified atom stereocenters. The second kappa shape index (κ2) is 0.901. The van der Waals surface area contributed by atoms with Gasteiger partial charge >= 0.3 is 0 Å². The normalized spacial score (nSPS) is 89.3. The third kappa shape index (κ3) is 0.210. The van der Waals surface area contributed by atoms with Crippen molar-refractivity contribution in [3.63, 3.8) is 0 Å². The highest BCUT2D eigenvalue weighted by atomic mass is 15.0. The van der Waals surface area contributed by atoms with Crippen molar-refractivity contribution in [2.75, 3.05) is 0 Å². The first kappa shape index (κ1) is 4.69. The molecule has 0 spiro atoms. The maximum absolute atomic E-state index is 4.07. The fraction of sp³-hybridized carbons (Fsp3) is 0.818. The van der Waals surface area contributed by atoms with Crippen molar-refractivity contribution in [2.24, 2.45) is 46.8 Å². The zero-order valence-electron chi connectivity index (χ0n) is 6.53. The summed E-state index contributed by atoms with van der Waals surface area (Å²) in [5.74, 6) is 8.30. The molecular weight excluding hydrogens is 132 g/mol. The Morgan fingerprint density at radius 1 is 1.09 bits per heavy atom. The summed E-state index contributed by atoms with van der Waals surface area (Å²) >= 11 is 0. The fourth-order valence-corrected chi connectivity index (χ4v) is 6.14. The average molecular weight is 144 g/mol. The first-order chi connectivity index (χ1) is 5.41. The molecule has 11 heavy (non-hydrogen) atoms. The van der Waals surface area contributed by atoms with E-state index in [1.165, 1.54) is 29.6 Å². The highest BCUT2D eigenvalue weighted by molar-refractivity contribution is 5.47. The van der Waals surface area contributed by atoms with E-state index in [0.717, 1.165) is 17.3 Å². The molecule has 6 aliphatic carbocycles. The molecule has 2 bridgehead atoms. The van der Waals surface area contributed by atoms with Crippen LogP contribution in [0.5, 0.6) is 0 Å². The summed E-state index contributed by atoms with van der Waals surface area (Å²) in [7, 11) is 0. The topological polar surface area (TPSA) is 0 Å². The Hall–Kier alpha value is -0.260. The molecule has 0 aliphatic heterocycles. The van der Waals surface area contributed by atoms with E-state index < -0.39 is 0 Å². The molecule has 0 saturated heterocycles. The number of hydrogen-bond donors (Lipinski definition) is 0. The standard InChI is InChI=1S/C11H12/c1-2-11-8-4-3-5(9(8)11)7-6(4)10(7)11/h2,4-10H,1,3H2/t4-,5-,6-,7-,8-,9+,10?,11?/m1/s1. The van der Waals surface area contributed by atoms with Crippen LogP contribution in [0.15, 0.2) is 12.7 Å². The van der Waals surface area contributed by atoms with Crippen molar-refractivity contribution in [3.05, 3.63) is 12.7 Å². The Kier molecular flexibility index (Phi) is 0.384. The highest BCUT2D eigenvalue weighted by Crippen LogP contribution is 3.00. The van der Waals surface area contributed by atoms with Gasteiger partial charge in [-0.15, -0.1) is 6.58 Å². The molecule has 6 aliphatic rings. The van der Waals surface area contributed by atoms with E-state index in [-0.39, 0.29) is 0 Å².